The number of carbonyl (C=O) groups is 1. The summed E-state index contributed by atoms with van der Waals surface area (Å²) in [4.78, 5) is 13.7. The Kier molecular flexibility index (Phi) is 2.40. The highest BCUT2D eigenvalue weighted by atomic mass is 35.5. The summed E-state index contributed by atoms with van der Waals surface area (Å²) in [6, 6.07) is 3.53. The Bertz CT molecular complexity index is 531. The number of carboxylic acids is 1. The van der Waals surface area contributed by atoms with Crippen LogP contribution in [-0.4, -0.2) is 16.1 Å². The number of aliphatic carboxylic acids is 1. The van der Waals surface area contributed by atoms with E-state index in [4.69, 9.17) is 16.7 Å². The van der Waals surface area contributed by atoms with Crippen molar-refractivity contribution >= 4 is 28.5 Å². The fourth-order valence-corrected chi connectivity index (χ4v) is 1.95. The predicted molar refractivity (Wildman–Crippen MR) is 59.4 cm³/mol. The number of benzene rings is 1. The van der Waals surface area contributed by atoms with E-state index in [1.54, 1.807) is 6.07 Å². The van der Waals surface area contributed by atoms with E-state index >= 15 is 0 Å². The van der Waals surface area contributed by atoms with Crippen LogP contribution in [0.4, 0.5) is 0 Å². The van der Waals surface area contributed by atoms with Gasteiger partial charge >= 0.3 is 5.97 Å². The average molecular weight is 224 g/mol. The fourth-order valence-electron chi connectivity index (χ4n) is 1.71. The molecule has 0 fully saturated rings. The van der Waals surface area contributed by atoms with Crippen molar-refractivity contribution in [2.75, 3.05) is 0 Å². The number of aromatic amines is 1. The molecule has 2 aromatic rings. The highest BCUT2D eigenvalue weighted by Crippen LogP contribution is 2.26. The second-order valence-corrected chi connectivity index (χ2v) is 3.97. The maximum Gasteiger partial charge on any atom is 0.307 e. The number of aryl methyl sites for hydroxylation is 1. The number of fused-ring (bicyclic) bond motifs is 1. The zero-order valence-electron chi connectivity index (χ0n) is 8.17. The normalized spacial score (nSPS) is 10.8. The van der Waals surface area contributed by atoms with Crippen molar-refractivity contribution in [2.24, 2.45) is 0 Å². The van der Waals surface area contributed by atoms with Crippen LogP contribution in [0.2, 0.25) is 5.02 Å². The molecule has 0 amide bonds. The minimum Gasteiger partial charge on any atom is -0.481 e. The van der Waals surface area contributed by atoms with Crippen molar-refractivity contribution in [1.29, 1.82) is 0 Å². The third-order valence-electron chi connectivity index (χ3n) is 2.38. The quantitative estimate of drug-likeness (QED) is 0.823. The van der Waals surface area contributed by atoms with E-state index in [0.29, 0.717) is 5.02 Å². The van der Waals surface area contributed by atoms with E-state index in [2.05, 4.69) is 4.98 Å². The van der Waals surface area contributed by atoms with Crippen LogP contribution in [0, 0.1) is 6.92 Å². The van der Waals surface area contributed by atoms with E-state index < -0.39 is 5.97 Å². The van der Waals surface area contributed by atoms with Gasteiger partial charge in [0.25, 0.3) is 0 Å². The summed E-state index contributed by atoms with van der Waals surface area (Å²) in [6.45, 7) is 1.96. The van der Waals surface area contributed by atoms with E-state index in [0.717, 1.165) is 22.0 Å². The van der Waals surface area contributed by atoms with Crippen LogP contribution in [0.1, 0.15) is 11.1 Å². The molecule has 0 bridgehead atoms. The van der Waals surface area contributed by atoms with Crippen LogP contribution in [0.25, 0.3) is 10.9 Å². The largest absolute Gasteiger partial charge is 0.481 e. The lowest BCUT2D eigenvalue weighted by Crippen LogP contribution is -2.00. The summed E-state index contributed by atoms with van der Waals surface area (Å²) in [7, 11) is 0. The number of hydrogen-bond acceptors (Lipinski definition) is 1. The van der Waals surface area contributed by atoms with Gasteiger partial charge in [0, 0.05) is 22.1 Å². The minimum absolute atomic E-state index is 0.0169. The van der Waals surface area contributed by atoms with Crippen LogP contribution in [0.15, 0.2) is 18.3 Å². The minimum atomic E-state index is -0.856. The topological polar surface area (TPSA) is 53.1 Å². The van der Waals surface area contributed by atoms with Crippen molar-refractivity contribution in [3.05, 3.63) is 34.5 Å². The lowest BCUT2D eigenvalue weighted by molar-refractivity contribution is -0.136. The Morgan fingerprint density at radius 1 is 1.53 bits per heavy atom. The molecule has 0 unspecified atom stereocenters. The first-order valence-corrected chi connectivity index (χ1v) is 4.93. The monoisotopic (exact) mass is 223 g/mol. The first-order valence-electron chi connectivity index (χ1n) is 4.56. The van der Waals surface area contributed by atoms with Crippen LogP contribution in [0.3, 0.4) is 0 Å². The number of halogens is 1. The van der Waals surface area contributed by atoms with Gasteiger partial charge in [-0.15, -0.1) is 0 Å². The van der Waals surface area contributed by atoms with Crippen LogP contribution < -0.4 is 0 Å². The molecule has 1 aromatic carbocycles. The van der Waals surface area contributed by atoms with Gasteiger partial charge in [0.05, 0.1) is 6.42 Å². The van der Waals surface area contributed by atoms with Gasteiger partial charge in [-0.1, -0.05) is 11.6 Å². The third-order valence-corrected chi connectivity index (χ3v) is 2.60. The zero-order valence-corrected chi connectivity index (χ0v) is 8.93. The molecule has 0 radical (unpaired) electrons. The molecule has 3 nitrogen and oxygen atoms in total. The fraction of sp³-hybridized carbons (Fsp3) is 0.182. The molecular formula is C11H10ClNO2. The summed E-state index contributed by atoms with van der Waals surface area (Å²) in [5.41, 5.74) is 2.65. The molecule has 4 heteroatoms. The van der Waals surface area contributed by atoms with Gasteiger partial charge in [0.1, 0.15) is 0 Å². The number of aromatic nitrogens is 1. The van der Waals surface area contributed by atoms with Crippen molar-refractivity contribution in [3.63, 3.8) is 0 Å². The molecule has 2 rings (SSSR count). The Morgan fingerprint density at radius 2 is 2.27 bits per heavy atom. The summed E-state index contributed by atoms with van der Waals surface area (Å²) < 4.78 is 0. The summed E-state index contributed by atoms with van der Waals surface area (Å²) >= 11 is 5.93. The van der Waals surface area contributed by atoms with Crippen molar-refractivity contribution in [1.82, 2.24) is 4.98 Å². The van der Waals surface area contributed by atoms with Gasteiger partial charge in [0.15, 0.2) is 0 Å². The number of H-pyrrole nitrogens is 1. The highest BCUT2D eigenvalue weighted by molar-refractivity contribution is 6.31. The summed E-state index contributed by atoms with van der Waals surface area (Å²) in [5.74, 6) is -0.856. The molecule has 0 saturated carbocycles. The van der Waals surface area contributed by atoms with E-state index in [9.17, 15) is 4.79 Å². The smallest absolute Gasteiger partial charge is 0.307 e. The van der Waals surface area contributed by atoms with Crippen molar-refractivity contribution in [2.45, 2.75) is 13.3 Å². The molecule has 1 aromatic heterocycles. The molecule has 15 heavy (non-hydrogen) atoms. The Morgan fingerprint density at radius 3 is 2.93 bits per heavy atom. The predicted octanol–water partition coefficient (Wildman–Crippen LogP) is 2.76. The molecule has 78 valence electrons. The number of hydrogen-bond donors (Lipinski definition) is 2. The second kappa shape index (κ2) is 3.59. The van der Waals surface area contributed by atoms with E-state index in [1.165, 1.54) is 0 Å². The van der Waals surface area contributed by atoms with Gasteiger partial charge in [-0.3, -0.25) is 4.79 Å². The van der Waals surface area contributed by atoms with Crippen LogP contribution in [-0.2, 0) is 11.2 Å². The van der Waals surface area contributed by atoms with Crippen molar-refractivity contribution < 1.29 is 9.90 Å². The van der Waals surface area contributed by atoms with Gasteiger partial charge in [-0.2, -0.15) is 0 Å². The maximum absolute atomic E-state index is 10.7. The maximum atomic E-state index is 10.7. The molecule has 0 spiro atoms. The Balaban J connectivity index is 2.66. The Labute approximate surface area is 91.7 Å². The van der Waals surface area contributed by atoms with Crippen LogP contribution in [0.5, 0.6) is 0 Å². The second-order valence-electron chi connectivity index (χ2n) is 3.53. The highest BCUT2D eigenvalue weighted by Gasteiger charge is 2.09. The molecule has 0 aliphatic rings. The average Bonchev–Trinajstić information content (AvgIpc) is 2.47. The number of nitrogens with one attached hydrogen (secondary N) is 1. The lowest BCUT2D eigenvalue weighted by atomic mass is 10.1. The first-order chi connectivity index (χ1) is 7.08. The molecule has 2 N–H and O–H groups in total. The van der Waals surface area contributed by atoms with Gasteiger partial charge in [-0.25, -0.2) is 0 Å². The lowest BCUT2D eigenvalue weighted by Gasteiger charge is -2.01. The number of carboxylic acid groups (broad SMARTS) is 1. The van der Waals surface area contributed by atoms with E-state index in [1.807, 2.05) is 19.2 Å². The summed E-state index contributed by atoms with van der Waals surface area (Å²) in [5, 5.41) is 10.3. The first kappa shape index (κ1) is 10.1. The molecule has 0 aliphatic heterocycles. The molecule has 0 atom stereocenters. The van der Waals surface area contributed by atoms with E-state index in [-0.39, 0.29) is 6.42 Å². The third kappa shape index (κ3) is 1.83. The molecular weight excluding hydrogens is 214 g/mol. The molecule has 0 saturated heterocycles. The Hall–Kier alpha value is -1.48. The van der Waals surface area contributed by atoms with Gasteiger partial charge in [-0.05, 0) is 30.2 Å². The van der Waals surface area contributed by atoms with Crippen LogP contribution >= 0.6 is 11.6 Å². The molecule has 0 aliphatic carbocycles. The van der Waals surface area contributed by atoms with Gasteiger partial charge < -0.3 is 10.1 Å². The summed E-state index contributed by atoms with van der Waals surface area (Å²) in [6.07, 6.45) is 1.84. The standard InChI is InChI=1S/C11H10ClNO2/c1-6-5-13-11-7(3-10(14)15)2-8(12)4-9(6)11/h2,4-5,13H,3H2,1H3,(H,14,15). The SMILES string of the molecule is Cc1c[nH]c2c(CC(=O)O)cc(Cl)cc12. The molecule has 1 heterocycles. The van der Waals surface area contributed by atoms with Crippen molar-refractivity contribution in [3.8, 4) is 0 Å². The zero-order chi connectivity index (χ0) is 11.0. The van der Waals surface area contributed by atoms with Gasteiger partial charge in [0.2, 0.25) is 0 Å². The number of rotatable bonds is 2.